The van der Waals surface area contributed by atoms with Crippen LogP contribution in [0.2, 0.25) is 5.02 Å². The number of anilines is 1. The van der Waals surface area contributed by atoms with Crippen LogP contribution < -0.4 is 10.6 Å². The summed E-state index contributed by atoms with van der Waals surface area (Å²) in [6.45, 7) is -0.0645. The molecular weight excluding hydrogens is 306 g/mol. The number of alkyl carbamates (subject to hydrolysis) is 1. The molecule has 0 saturated carbocycles. The fraction of sp³-hybridized carbons (Fsp3) is 0.133. The molecule has 0 saturated heterocycles. The summed E-state index contributed by atoms with van der Waals surface area (Å²) in [6, 6.07) is 12.4. The average molecular weight is 320 g/mol. The number of pyridine rings is 1. The van der Waals surface area contributed by atoms with Crippen LogP contribution >= 0.6 is 11.6 Å². The van der Waals surface area contributed by atoms with Crippen molar-refractivity contribution in [2.45, 2.75) is 6.61 Å². The van der Waals surface area contributed by atoms with Gasteiger partial charge in [-0.3, -0.25) is 4.79 Å². The maximum absolute atomic E-state index is 11.6. The Morgan fingerprint density at radius 3 is 2.59 bits per heavy atom. The zero-order valence-electron chi connectivity index (χ0n) is 11.6. The summed E-state index contributed by atoms with van der Waals surface area (Å²) < 4.78 is 4.98. The second-order valence-corrected chi connectivity index (χ2v) is 4.76. The Morgan fingerprint density at radius 1 is 1.14 bits per heavy atom. The summed E-state index contributed by atoms with van der Waals surface area (Å²) in [6.07, 6.45) is 0.752. The lowest BCUT2D eigenvalue weighted by Crippen LogP contribution is -2.33. The van der Waals surface area contributed by atoms with Gasteiger partial charge in [-0.25, -0.2) is 9.78 Å². The molecule has 114 valence electrons. The van der Waals surface area contributed by atoms with Gasteiger partial charge in [0.25, 0.3) is 0 Å². The Hall–Kier alpha value is -2.60. The van der Waals surface area contributed by atoms with Crippen molar-refractivity contribution in [1.29, 1.82) is 0 Å². The first-order valence-corrected chi connectivity index (χ1v) is 6.87. The number of nitrogens with one attached hydrogen (secondary N) is 2. The molecule has 0 atom stereocenters. The lowest BCUT2D eigenvalue weighted by molar-refractivity contribution is -0.115. The van der Waals surface area contributed by atoms with E-state index in [0.717, 1.165) is 5.56 Å². The summed E-state index contributed by atoms with van der Waals surface area (Å²) in [7, 11) is 0. The zero-order valence-corrected chi connectivity index (χ0v) is 12.3. The monoisotopic (exact) mass is 319 g/mol. The van der Waals surface area contributed by atoms with E-state index in [1.807, 2.05) is 30.3 Å². The first kappa shape index (κ1) is 15.8. The Bertz CT molecular complexity index is 632. The molecule has 0 fully saturated rings. The summed E-state index contributed by atoms with van der Waals surface area (Å²) in [5.41, 5.74) is 0.868. The number of nitrogens with zero attached hydrogens (tertiary/aromatic N) is 1. The van der Waals surface area contributed by atoms with Gasteiger partial charge in [-0.1, -0.05) is 41.9 Å². The van der Waals surface area contributed by atoms with Crippen molar-refractivity contribution in [3.63, 3.8) is 0 Å². The molecule has 2 aromatic rings. The average Bonchev–Trinajstić information content (AvgIpc) is 2.54. The Morgan fingerprint density at radius 2 is 1.91 bits per heavy atom. The van der Waals surface area contributed by atoms with E-state index in [0.29, 0.717) is 10.8 Å². The molecule has 0 radical (unpaired) electrons. The van der Waals surface area contributed by atoms with Gasteiger partial charge in [0.1, 0.15) is 19.0 Å². The minimum Gasteiger partial charge on any atom is -0.445 e. The maximum Gasteiger partial charge on any atom is 0.407 e. The molecule has 0 bridgehead atoms. The van der Waals surface area contributed by atoms with Gasteiger partial charge in [0, 0.05) is 6.20 Å². The van der Waals surface area contributed by atoms with Crippen molar-refractivity contribution in [3.05, 3.63) is 59.2 Å². The zero-order chi connectivity index (χ0) is 15.8. The molecule has 1 aromatic heterocycles. The minimum absolute atomic E-state index is 0.146. The Kier molecular flexibility index (Phi) is 5.73. The lowest BCUT2D eigenvalue weighted by atomic mass is 10.2. The summed E-state index contributed by atoms with van der Waals surface area (Å²) in [5, 5.41) is 5.35. The first-order valence-electron chi connectivity index (χ1n) is 6.49. The van der Waals surface area contributed by atoms with Gasteiger partial charge < -0.3 is 15.4 Å². The van der Waals surface area contributed by atoms with E-state index in [2.05, 4.69) is 15.6 Å². The molecular formula is C15H14ClN3O3. The molecule has 7 heteroatoms. The molecule has 2 N–H and O–H groups in total. The summed E-state index contributed by atoms with van der Waals surface area (Å²) in [4.78, 5) is 27.0. The Labute approximate surface area is 132 Å². The van der Waals surface area contributed by atoms with E-state index < -0.39 is 12.0 Å². The standard InChI is InChI=1S/C15H14ClN3O3/c16-12-6-7-13(17-8-12)19-14(20)9-18-15(21)22-10-11-4-2-1-3-5-11/h1-8H,9-10H2,(H,18,21)(H,17,19,20). The highest BCUT2D eigenvalue weighted by atomic mass is 35.5. The van der Waals surface area contributed by atoms with E-state index in [-0.39, 0.29) is 13.2 Å². The SMILES string of the molecule is O=C(CNC(=O)OCc1ccccc1)Nc1ccc(Cl)cn1. The van der Waals surface area contributed by atoms with Crippen LogP contribution in [-0.2, 0) is 16.1 Å². The second kappa shape index (κ2) is 7.99. The molecule has 2 rings (SSSR count). The number of hydrogen-bond donors (Lipinski definition) is 2. The van der Waals surface area contributed by atoms with Crippen LogP contribution in [0.1, 0.15) is 5.56 Å². The number of ether oxygens (including phenoxy) is 1. The molecule has 0 spiro atoms. The lowest BCUT2D eigenvalue weighted by Gasteiger charge is -2.07. The van der Waals surface area contributed by atoms with Crippen LogP contribution in [0.15, 0.2) is 48.7 Å². The molecule has 0 aliphatic carbocycles. The molecule has 0 unspecified atom stereocenters. The van der Waals surface area contributed by atoms with Crippen molar-refractivity contribution >= 4 is 29.4 Å². The molecule has 0 aliphatic rings. The quantitative estimate of drug-likeness (QED) is 0.887. The van der Waals surface area contributed by atoms with Crippen molar-refractivity contribution in [3.8, 4) is 0 Å². The number of benzene rings is 1. The van der Waals surface area contributed by atoms with Gasteiger partial charge in [-0.05, 0) is 17.7 Å². The molecule has 0 aliphatic heterocycles. The molecule has 1 heterocycles. The molecule has 22 heavy (non-hydrogen) atoms. The maximum atomic E-state index is 11.6. The summed E-state index contributed by atoms with van der Waals surface area (Å²) in [5.74, 6) is -0.0552. The fourth-order valence-electron chi connectivity index (χ4n) is 1.56. The third-order valence-corrected chi connectivity index (χ3v) is 2.82. The summed E-state index contributed by atoms with van der Waals surface area (Å²) >= 11 is 5.69. The predicted molar refractivity (Wildman–Crippen MR) is 82.5 cm³/mol. The van der Waals surface area contributed by atoms with Gasteiger partial charge in [0.05, 0.1) is 5.02 Å². The van der Waals surface area contributed by atoms with Gasteiger partial charge in [-0.2, -0.15) is 0 Å². The third kappa shape index (κ3) is 5.41. The van der Waals surface area contributed by atoms with Crippen LogP contribution in [0, 0.1) is 0 Å². The number of halogens is 1. The van der Waals surface area contributed by atoms with Crippen LogP contribution in [-0.4, -0.2) is 23.5 Å². The first-order chi connectivity index (χ1) is 10.6. The number of carbonyl (C=O) groups excluding carboxylic acids is 2. The number of amides is 2. The highest BCUT2D eigenvalue weighted by molar-refractivity contribution is 6.30. The second-order valence-electron chi connectivity index (χ2n) is 4.33. The van der Waals surface area contributed by atoms with E-state index in [9.17, 15) is 9.59 Å². The highest BCUT2D eigenvalue weighted by Crippen LogP contribution is 2.09. The molecule has 1 aromatic carbocycles. The molecule has 6 nitrogen and oxygen atoms in total. The van der Waals surface area contributed by atoms with Gasteiger partial charge in [0.2, 0.25) is 5.91 Å². The number of carbonyl (C=O) groups is 2. The van der Waals surface area contributed by atoms with Crippen LogP contribution in [0.4, 0.5) is 10.6 Å². The van der Waals surface area contributed by atoms with Gasteiger partial charge >= 0.3 is 6.09 Å². The third-order valence-electron chi connectivity index (χ3n) is 2.60. The van der Waals surface area contributed by atoms with E-state index in [1.165, 1.54) is 6.20 Å². The Balaban J connectivity index is 1.69. The van der Waals surface area contributed by atoms with Crippen molar-refractivity contribution in [2.75, 3.05) is 11.9 Å². The van der Waals surface area contributed by atoms with E-state index >= 15 is 0 Å². The number of aromatic nitrogens is 1. The van der Waals surface area contributed by atoms with Gasteiger partial charge in [0.15, 0.2) is 0 Å². The van der Waals surface area contributed by atoms with E-state index in [4.69, 9.17) is 16.3 Å². The van der Waals surface area contributed by atoms with Crippen molar-refractivity contribution < 1.29 is 14.3 Å². The van der Waals surface area contributed by atoms with Crippen LogP contribution in [0.5, 0.6) is 0 Å². The number of hydrogen-bond acceptors (Lipinski definition) is 4. The molecule has 2 amide bonds. The number of rotatable bonds is 5. The normalized spacial score (nSPS) is 9.86. The fourth-order valence-corrected chi connectivity index (χ4v) is 1.68. The minimum atomic E-state index is -0.664. The topological polar surface area (TPSA) is 80.3 Å². The van der Waals surface area contributed by atoms with E-state index in [1.54, 1.807) is 12.1 Å². The smallest absolute Gasteiger partial charge is 0.407 e. The largest absolute Gasteiger partial charge is 0.445 e. The van der Waals surface area contributed by atoms with Gasteiger partial charge in [-0.15, -0.1) is 0 Å². The van der Waals surface area contributed by atoms with Crippen molar-refractivity contribution in [2.24, 2.45) is 0 Å². The highest BCUT2D eigenvalue weighted by Gasteiger charge is 2.07. The predicted octanol–water partition coefficient (Wildman–Crippen LogP) is 2.60. The van der Waals surface area contributed by atoms with Crippen LogP contribution in [0.3, 0.4) is 0 Å². The van der Waals surface area contributed by atoms with Crippen molar-refractivity contribution in [1.82, 2.24) is 10.3 Å². The van der Waals surface area contributed by atoms with Crippen LogP contribution in [0.25, 0.3) is 0 Å².